The van der Waals surface area contributed by atoms with Crippen molar-refractivity contribution in [3.8, 4) is 28.0 Å². The topological polar surface area (TPSA) is 18.5 Å². The Labute approximate surface area is 227 Å². The number of fused-ring (bicyclic) bond motifs is 10. The third kappa shape index (κ3) is 3.46. The Morgan fingerprint density at radius 2 is 1.26 bits per heavy atom. The van der Waals surface area contributed by atoms with Gasteiger partial charge in [-0.1, -0.05) is 97.1 Å². The standard InChI is InChI=1S/C37H26O2/c1-38-21-28-6-2-4-8-30(28)25-16-17-32-26(18-25)14-12-23-10-11-24-13-15-27-19-34-31-9-5-3-7-29(31)22-39-35(34)20-33(27)37(24)36(23)32/h2-20H,21-22H2,1H3. The Balaban J connectivity index is 1.41. The van der Waals surface area contributed by atoms with Gasteiger partial charge in [-0.3, -0.25) is 0 Å². The molecule has 0 saturated carbocycles. The molecular weight excluding hydrogens is 476 g/mol. The third-order valence-corrected chi connectivity index (χ3v) is 8.22. The minimum atomic E-state index is 0.597. The quantitative estimate of drug-likeness (QED) is 0.224. The molecule has 0 atom stereocenters. The predicted octanol–water partition coefficient (Wildman–Crippen LogP) is 9.67. The van der Waals surface area contributed by atoms with Crippen LogP contribution in [0.4, 0.5) is 0 Å². The monoisotopic (exact) mass is 502 g/mol. The van der Waals surface area contributed by atoms with Gasteiger partial charge in [0.25, 0.3) is 0 Å². The van der Waals surface area contributed by atoms with Crippen molar-refractivity contribution >= 4 is 43.1 Å². The minimum Gasteiger partial charge on any atom is -0.488 e. The second-order valence-electron chi connectivity index (χ2n) is 10.4. The molecule has 2 heteroatoms. The molecule has 0 aliphatic carbocycles. The van der Waals surface area contributed by atoms with Crippen molar-refractivity contribution in [2.75, 3.05) is 7.11 Å². The summed E-state index contributed by atoms with van der Waals surface area (Å²) in [5.41, 5.74) is 7.31. The van der Waals surface area contributed by atoms with Gasteiger partial charge in [0.1, 0.15) is 12.4 Å². The zero-order valence-electron chi connectivity index (χ0n) is 21.7. The first-order valence-electron chi connectivity index (χ1n) is 13.4. The van der Waals surface area contributed by atoms with Crippen LogP contribution in [0.25, 0.3) is 65.3 Å². The van der Waals surface area contributed by atoms with Crippen LogP contribution >= 0.6 is 0 Å². The summed E-state index contributed by atoms with van der Waals surface area (Å²) in [6.07, 6.45) is 0. The molecule has 1 heterocycles. The lowest BCUT2D eigenvalue weighted by molar-refractivity contribution is 0.185. The van der Waals surface area contributed by atoms with Crippen molar-refractivity contribution in [2.45, 2.75) is 13.2 Å². The summed E-state index contributed by atoms with van der Waals surface area (Å²) in [7, 11) is 1.75. The van der Waals surface area contributed by atoms with Gasteiger partial charge in [-0.05, 0) is 89.1 Å². The highest BCUT2D eigenvalue weighted by Crippen LogP contribution is 2.44. The second-order valence-corrected chi connectivity index (χ2v) is 10.4. The third-order valence-electron chi connectivity index (χ3n) is 8.22. The van der Waals surface area contributed by atoms with Crippen LogP contribution < -0.4 is 4.74 Å². The van der Waals surface area contributed by atoms with Crippen molar-refractivity contribution < 1.29 is 9.47 Å². The molecule has 7 aromatic rings. The maximum atomic E-state index is 6.29. The summed E-state index contributed by atoms with van der Waals surface area (Å²) >= 11 is 0. The highest BCUT2D eigenvalue weighted by atomic mass is 16.5. The molecule has 0 N–H and O–H groups in total. The van der Waals surface area contributed by atoms with Crippen molar-refractivity contribution in [2.24, 2.45) is 0 Å². The van der Waals surface area contributed by atoms with E-state index in [0.717, 1.165) is 5.75 Å². The molecule has 0 aromatic heterocycles. The number of rotatable bonds is 3. The van der Waals surface area contributed by atoms with Crippen LogP contribution in [0.15, 0.2) is 115 Å². The number of ether oxygens (including phenoxy) is 2. The van der Waals surface area contributed by atoms with Gasteiger partial charge in [-0.25, -0.2) is 0 Å². The summed E-state index contributed by atoms with van der Waals surface area (Å²) in [5.74, 6) is 0.961. The predicted molar refractivity (Wildman–Crippen MR) is 162 cm³/mol. The van der Waals surface area contributed by atoms with Crippen LogP contribution in [0, 0.1) is 0 Å². The van der Waals surface area contributed by atoms with E-state index in [-0.39, 0.29) is 0 Å². The van der Waals surface area contributed by atoms with E-state index in [1.165, 1.54) is 76.5 Å². The normalized spacial score (nSPS) is 12.5. The van der Waals surface area contributed by atoms with Gasteiger partial charge in [0.15, 0.2) is 0 Å². The molecule has 8 rings (SSSR count). The molecule has 0 fully saturated rings. The highest BCUT2D eigenvalue weighted by Gasteiger charge is 2.19. The molecule has 1 aliphatic rings. The fourth-order valence-corrected chi connectivity index (χ4v) is 6.38. The first kappa shape index (κ1) is 22.3. The lowest BCUT2D eigenvalue weighted by Crippen LogP contribution is -2.05. The average molecular weight is 503 g/mol. The number of methoxy groups -OCH3 is 1. The summed E-state index contributed by atoms with van der Waals surface area (Å²) in [6.45, 7) is 1.20. The van der Waals surface area contributed by atoms with E-state index < -0.39 is 0 Å². The lowest BCUT2D eigenvalue weighted by atomic mass is 9.89. The highest BCUT2D eigenvalue weighted by molar-refractivity contribution is 6.28. The SMILES string of the molecule is COCc1ccccc1-c1ccc2c(ccc3ccc4ccc5cc6c(cc5c4c32)OCc2ccccc2-6)c1. The molecular formula is C37H26O2. The lowest BCUT2D eigenvalue weighted by Gasteiger charge is -2.22. The van der Waals surface area contributed by atoms with E-state index in [9.17, 15) is 0 Å². The van der Waals surface area contributed by atoms with Crippen LogP contribution in [0.2, 0.25) is 0 Å². The van der Waals surface area contributed by atoms with E-state index in [2.05, 4.69) is 115 Å². The van der Waals surface area contributed by atoms with Crippen LogP contribution in [0.3, 0.4) is 0 Å². The smallest absolute Gasteiger partial charge is 0.128 e. The summed E-state index contributed by atoms with van der Waals surface area (Å²) < 4.78 is 11.8. The van der Waals surface area contributed by atoms with Gasteiger partial charge < -0.3 is 9.47 Å². The summed E-state index contributed by atoms with van der Waals surface area (Å²) in [6, 6.07) is 42.0. The fraction of sp³-hybridized carbons (Fsp3) is 0.0811. The van der Waals surface area contributed by atoms with Gasteiger partial charge in [0.05, 0.1) is 6.61 Å². The molecule has 39 heavy (non-hydrogen) atoms. The van der Waals surface area contributed by atoms with Crippen LogP contribution in [0.1, 0.15) is 11.1 Å². The maximum absolute atomic E-state index is 6.29. The molecule has 7 aromatic carbocycles. The van der Waals surface area contributed by atoms with Crippen LogP contribution in [-0.4, -0.2) is 7.11 Å². The number of hydrogen-bond donors (Lipinski definition) is 0. The Morgan fingerprint density at radius 1 is 0.590 bits per heavy atom. The van der Waals surface area contributed by atoms with Gasteiger partial charge in [-0.15, -0.1) is 0 Å². The minimum absolute atomic E-state index is 0.597. The van der Waals surface area contributed by atoms with E-state index in [1.54, 1.807) is 7.11 Å². The van der Waals surface area contributed by atoms with Gasteiger partial charge in [0, 0.05) is 12.7 Å². The molecule has 0 bridgehead atoms. The molecule has 1 aliphatic heterocycles. The number of benzene rings is 7. The zero-order chi connectivity index (χ0) is 25.9. The Morgan fingerprint density at radius 3 is 2.05 bits per heavy atom. The number of hydrogen-bond acceptors (Lipinski definition) is 2. The van der Waals surface area contributed by atoms with E-state index in [1.807, 2.05) is 0 Å². The molecule has 2 nitrogen and oxygen atoms in total. The average Bonchev–Trinajstić information content (AvgIpc) is 2.99. The Bertz CT molecular complexity index is 2090. The van der Waals surface area contributed by atoms with Crippen molar-refractivity contribution in [1.82, 2.24) is 0 Å². The van der Waals surface area contributed by atoms with Gasteiger partial charge in [0.2, 0.25) is 0 Å². The van der Waals surface area contributed by atoms with E-state index >= 15 is 0 Å². The summed E-state index contributed by atoms with van der Waals surface area (Å²) in [4.78, 5) is 0. The molecule has 0 unspecified atom stereocenters. The van der Waals surface area contributed by atoms with Gasteiger partial charge in [-0.2, -0.15) is 0 Å². The Hall–Kier alpha value is -4.66. The second kappa shape index (κ2) is 8.69. The molecule has 186 valence electrons. The van der Waals surface area contributed by atoms with E-state index in [4.69, 9.17) is 9.47 Å². The van der Waals surface area contributed by atoms with Crippen molar-refractivity contribution in [3.05, 3.63) is 126 Å². The Kier molecular flexibility index (Phi) is 4.98. The molecule has 0 spiro atoms. The zero-order valence-corrected chi connectivity index (χ0v) is 21.7. The van der Waals surface area contributed by atoms with Crippen molar-refractivity contribution in [3.63, 3.8) is 0 Å². The van der Waals surface area contributed by atoms with Crippen molar-refractivity contribution in [1.29, 1.82) is 0 Å². The first-order chi connectivity index (χ1) is 19.3. The maximum Gasteiger partial charge on any atom is 0.128 e. The largest absolute Gasteiger partial charge is 0.488 e. The molecule has 0 radical (unpaired) electrons. The first-order valence-corrected chi connectivity index (χ1v) is 13.4. The fourth-order valence-electron chi connectivity index (χ4n) is 6.38. The molecule has 0 amide bonds. The van der Waals surface area contributed by atoms with Gasteiger partial charge >= 0.3 is 0 Å². The summed E-state index contributed by atoms with van der Waals surface area (Å²) in [5, 5.41) is 10.0. The van der Waals surface area contributed by atoms with Crippen LogP contribution in [-0.2, 0) is 18.0 Å². The molecule has 0 saturated heterocycles. The van der Waals surface area contributed by atoms with Crippen LogP contribution in [0.5, 0.6) is 5.75 Å². The van der Waals surface area contributed by atoms with E-state index in [0.29, 0.717) is 13.2 Å².